The predicted octanol–water partition coefficient (Wildman–Crippen LogP) is 2.68. The molecule has 150 valence electrons. The Labute approximate surface area is 166 Å². The molecule has 4 nitrogen and oxygen atoms in total. The summed E-state index contributed by atoms with van der Waals surface area (Å²) in [6.45, 7) is 1.65. The third-order valence-corrected chi connectivity index (χ3v) is 6.71. The van der Waals surface area contributed by atoms with Gasteiger partial charge < -0.3 is 9.85 Å². The van der Waals surface area contributed by atoms with E-state index in [4.69, 9.17) is 0 Å². The number of nitrogens with zero attached hydrogens (tertiary/aromatic N) is 1. The van der Waals surface area contributed by atoms with Crippen LogP contribution in [0.4, 0.5) is 8.78 Å². The van der Waals surface area contributed by atoms with Crippen molar-refractivity contribution in [1.29, 1.82) is 0 Å². The van der Waals surface area contributed by atoms with Gasteiger partial charge in [0.1, 0.15) is 6.54 Å². The molecule has 1 saturated carbocycles. The number of quaternary nitrogens is 2. The van der Waals surface area contributed by atoms with E-state index in [1.54, 1.807) is 17.0 Å². The molecule has 28 heavy (non-hydrogen) atoms. The second-order valence-electron chi connectivity index (χ2n) is 8.15. The summed E-state index contributed by atoms with van der Waals surface area (Å²) in [5, 5.41) is 13.1. The smallest absolute Gasteiger partial charge is 0.200 e. The van der Waals surface area contributed by atoms with Gasteiger partial charge in [-0.2, -0.15) is 4.21 Å². The minimum Gasteiger partial charge on any atom is -0.633 e. The molecule has 0 radical (unpaired) electrons. The topological polar surface area (TPSA) is 56.7 Å². The lowest BCUT2D eigenvalue weighted by molar-refractivity contribution is -0.876. The molecule has 0 bridgehead atoms. The Morgan fingerprint density at radius 3 is 2.75 bits per heavy atom. The van der Waals surface area contributed by atoms with Gasteiger partial charge in [-0.05, 0) is 41.2 Å². The second-order valence-corrected chi connectivity index (χ2v) is 9.42. The van der Waals surface area contributed by atoms with Crippen LogP contribution in [0.5, 0.6) is 0 Å². The fourth-order valence-corrected chi connectivity index (χ4v) is 5.33. The molecule has 1 saturated heterocycles. The highest BCUT2D eigenvalue weighted by Crippen LogP contribution is 2.51. The molecule has 5 unspecified atom stereocenters. The van der Waals surface area contributed by atoms with Crippen LogP contribution in [0.25, 0.3) is 11.1 Å². The molecule has 0 spiro atoms. The molecule has 2 aromatic rings. The first-order valence-corrected chi connectivity index (χ1v) is 11.3. The van der Waals surface area contributed by atoms with Gasteiger partial charge in [0.15, 0.2) is 17.7 Å². The lowest BCUT2D eigenvalue weighted by Gasteiger charge is -2.38. The monoisotopic (exact) mass is 407 g/mol. The minimum atomic E-state index is -0.982. The Morgan fingerprint density at radius 2 is 2.00 bits per heavy atom. The van der Waals surface area contributed by atoms with E-state index in [-0.39, 0.29) is 16.6 Å². The number of nitrogens with two attached hydrogens (primary N) is 1. The summed E-state index contributed by atoms with van der Waals surface area (Å²) in [7, 11) is -0.982. The highest BCUT2D eigenvalue weighted by Gasteiger charge is 2.46. The van der Waals surface area contributed by atoms with E-state index in [0.29, 0.717) is 31.1 Å². The van der Waals surface area contributed by atoms with E-state index in [0.717, 1.165) is 30.0 Å². The zero-order valence-electron chi connectivity index (χ0n) is 15.8. The zero-order valence-corrected chi connectivity index (χ0v) is 16.6. The van der Waals surface area contributed by atoms with E-state index in [9.17, 15) is 18.2 Å². The maximum atomic E-state index is 13.7. The van der Waals surface area contributed by atoms with E-state index in [2.05, 4.69) is 0 Å². The maximum absolute atomic E-state index is 13.7. The van der Waals surface area contributed by atoms with E-state index >= 15 is 0 Å². The van der Waals surface area contributed by atoms with Crippen molar-refractivity contribution < 1.29 is 22.4 Å². The van der Waals surface area contributed by atoms with Crippen molar-refractivity contribution in [2.45, 2.75) is 24.8 Å². The summed E-state index contributed by atoms with van der Waals surface area (Å²) in [5.41, 5.74) is 2.66. The first-order valence-electron chi connectivity index (χ1n) is 9.63. The van der Waals surface area contributed by atoms with E-state index < -0.39 is 22.6 Å². The van der Waals surface area contributed by atoms with Crippen LogP contribution < -0.4 is 4.72 Å². The largest absolute Gasteiger partial charge is 0.633 e. The van der Waals surface area contributed by atoms with Crippen molar-refractivity contribution in [2.24, 2.45) is 5.92 Å². The standard InChI is InChI=1S/C21H24F2N2O2S/c1-28(27)24-16-8-9-25(26,13-16)12-15-10-19(15)18-5-3-2-4-17(18)14-6-7-20(22)21(23)11-14/h2-7,11,15-16,19,24H,8-10,12-13H2,1H3/p+1. The number of halogens is 2. The second kappa shape index (κ2) is 7.63. The third kappa shape index (κ3) is 4.17. The van der Waals surface area contributed by atoms with Gasteiger partial charge in [-0.1, -0.05) is 30.3 Å². The highest BCUT2D eigenvalue weighted by molar-refractivity contribution is 7.77. The van der Waals surface area contributed by atoms with Crippen molar-refractivity contribution in [3.63, 3.8) is 0 Å². The average Bonchev–Trinajstić information content (AvgIpc) is 3.30. The number of hydrogen-bond donors (Lipinski definition) is 1. The molecule has 4 rings (SSSR count). The number of hydroxylamine groups is 3. The molecular weight excluding hydrogens is 382 g/mol. The fraction of sp³-hybridized carbons (Fsp3) is 0.429. The average molecular weight is 408 g/mol. The number of benzene rings is 2. The number of rotatable bonds is 6. The molecule has 2 N–H and O–H groups in total. The molecule has 2 aromatic carbocycles. The molecule has 0 aromatic heterocycles. The van der Waals surface area contributed by atoms with Crippen LogP contribution in [0, 0.1) is 22.8 Å². The van der Waals surface area contributed by atoms with Crippen molar-refractivity contribution in [3.05, 3.63) is 64.9 Å². The highest BCUT2D eigenvalue weighted by atomic mass is 32.2. The molecule has 5 atom stereocenters. The lowest BCUT2D eigenvalue weighted by atomic mass is 9.95. The van der Waals surface area contributed by atoms with Crippen LogP contribution in [0.3, 0.4) is 0 Å². The van der Waals surface area contributed by atoms with Crippen molar-refractivity contribution >= 4 is 11.0 Å². The van der Waals surface area contributed by atoms with Gasteiger partial charge in [0, 0.05) is 5.92 Å². The zero-order chi connectivity index (χ0) is 19.9. The van der Waals surface area contributed by atoms with E-state index in [1.807, 2.05) is 24.3 Å². The Kier molecular flexibility index (Phi) is 5.35. The molecule has 0 amide bonds. The Balaban J connectivity index is 1.47. The molecular formula is C21H25F2N2O2S+. The SMILES string of the molecule is CS(=O)[NH2+]C1CC[N+]([O-])(CC2CC2c2ccccc2-c2ccc(F)c(F)c2)C1. The molecule has 1 heterocycles. The van der Waals surface area contributed by atoms with Gasteiger partial charge >= 0.3 is 0 Å². The van der Waals surface area contributed by atoms with Crippen LogP contribution in [0.15, 0.2) is 42.5 Å². The molecule has 2 fully saturated rings. The fourth-order valence-electron chi connectivity index (χ4n) is 4.56. The van der Waals surface area contributed by atoms with Crippen LogP contribution >= 0.6 is 0 Å². The maximum Gasteiger partial charge on any atom is 0.200 e. The van der Waals surface area contributed by atoms with Crippen molar-refractivity contribution in [3.8, 4) is 11.1 Å². The molecule has 1 aliphatic heterocycles. The summed E-state index contributed by atoms with van der Waals surface area (Å²) in [6.07, 6.45) is 3.38. The summed E-state index contributed by atoms with van der Waals surface area (Å²) in [4.78, 5) is 0. The minimum absolute atomic E-state index is 0.134. The Hall–Kier alpha value is -1.67. The van der Waals surface area contributed by atoms with Gasteiger partial charge in [0.2, 0.25) is 11.0 Å². The first-order chi connectivity index (χ1) is 13.3. The van der Waals surface area contributed by atoms with Crippen molar-refractivity contribution in [1.82, 2.24) is 0 Å². The Bertz CT molecular complexity index is 910. The number of hydrogen-bond acceptors (Lipinski definition) is 2. The summed E-state index contributed by atoms with van der Waals surface area (Å²) >= 11 is 0. The summed E-state index contributed by atoms with van der Waals surface area (Å²) in [5.74, 6) is -1.13. The van der Waals surface area contributed by atoms with Crippen molar-refractivity contribution in [2.75, 3.05) is 25.9 Å². The Morgan fingerprint density at radius 1 is 1.21 bits per heavy atom. The normalized spacial score (nSPS) is 30.4. The van der Waals surface area contributed by atoms with Gasteiger partial charge in [0.25, 0.3) is 0 Å². The van der Waals surface area contributed by atoms with Crippen LogP contribution in [0.2, 0.25) is 0 Å². The predicted molar refractivity (Wildman–Crippen MR) is 105 cm³/mol. The van der Waals surface area contributed by atoms with Gasteiger partial charge in [-0.15, -0.1) is 0 Å². The van der Waals surface area contributed by atoms with Crippen LogP contribution in [-0.2, 0) is 11.0 Å². The quantitative estimate of drug-likeness (QED) is 0.591. The van der Waals surface area contributed by atoms with Gasteiger partial charge in [0.05, 0.1) is 25.8 Å². The third-order valence-electron chi connectivity index (χ3n) is 5.94. The van der Waals surface area contributed by atoms with Gasteiger partial charge in [-0.25, -0.2) is 8.78 Å². The van der Waals surface area contributed by atoms with Crippen LogP contribution in [-0.4, -0.2) is 40.8 Å². The van der Waals surface area contributed by atoms with Crippen LogP contribution in [0.1, 0.15) is 24.3 Å². The molecule has 1 aliphatic carbocycles. The van der Waals surface area contributed by atoms with Gasteiger partial charge in [-0.3, -0.25) is 4.72 Å². The lowest BCUT2D eigenvalue weighted by Crippen LogP contribution is -2.90. The first kappa shape index (κ1) is 19.6. The number of likely N-dealkylation sites (tertiary alicyclic amines) is 1. The molecule has 7 heteroatoms. The summed E-state index contributed by atoms with van der Waals surface area (Å²) in [6, 6.07) is 11.9. The molecule has 2 aliphatic rings. The summed E-state index contributed by atoms with van der Waals surface area (Å²) < 4.78 is 40.0. The van der Waals surface area contributed by atoms with E-state index in [1.165, 1.54) is 6.07 Å².